The maximum absolute atomic E-state index is 11.2. The second-order valence-corrected chi connectivity index (χ2v) is 16.1. The second kappa shape index (κ2) is 18.5. The van der Waals surface area contributed by atoms with E-state index in [1.165, 1.54) is 46.9 Å². The molecule has 8 rings (SSSR count). The van der Waals surface area contributed by atoms with E-state index in [1.54, 1.807) is 16.7 Å². The van der Waals surface area contributed by atoms with E-state index in [1.807, 2.05) is 93.6 Å². The summed E-state index contributed by atoms with van der Waals surface area (Å²) in [6, 6.07) is 24.8. The summed E-state index contributed by atoms with van der Waals surface area (Å²) in [4.78, 5) is 50.0. The van der Waals surface area contributed by atoms with Gasteiger partial charge in [0.1, 0.15) is 11.2 Å². The number of aromatic nitrogens is 6. The van der Waals surface area contributed by atoms with Crippen molar-refractivity contribution in [2.75, 3.05) is 45.1 Å². The minimum Gasteiger partial charge on any atom is -0.478 e. The highest BCUT2D eigenvalue weighted by Gasteiger charge is 2.20. The van der Waals surface area contributed by atoms with E-state index in [-0.39, 0.29) is 11.1 Å². The molecule has 0 amide bonds. The van der Waals surface area contributed by atoms with Crippen molar-refractivity contribution in [1.82, 2.24) is 24.9 Å². The van der Waals surface area contributed by atoms with Crippen molar-refractivity contribution in [2.24, 2.45) is 27.5 Å². The predicted molar refractivity (Wildman–Crippen MR) is 231 cm³/mol. The van der Waals surface area contributed by atoms with Gasteiger partial charge in [-0.25, -0.2) is 29.1 Å². The fourth-order valence-corrected chi connectivity index (χ4v) is 6.77. The van der Waals surface area contributed by atoms with Gasteiger partial charge in [-0.05, 0) is 96.3 Å². The number of nitrogens with zero attached hydrogens (tertiary/aromatic N) is 12. The summed E-state index contributed by atoms with van der Waals surface area (Å²) in [7, 11) is 6.46. The summed E-state index contributed by atoms with van der Waals surface area (Å²) in [5.74, 6) is -2.00. The van der Waals surface area contributed by atoms with Gasteiger partial charge in [0.25, 0.3) is 0 Å². The lowest BCUT2D eigenvalue weighted by atomic mass is 10.2. The molecular weight excluding hydrogens is 849 g/mol. The molecule has 0 saturated heterocycles. The molecule has 0 aliphatic rings. The predicted octanol–water partition coefficient (Wildman–Crippen LogP) is 7.70. The van der Waals surface area contributed by atoms with Gasteiger partial charge in [-0.2, -0.15) is 13.4 Å². The number of hydrogen-bond acceptors (Lipinski definition) is 18. The van der Waals surface area contributed by atoms with Crippen molar-refractivity contribution < 1.29 is 41.5 Å². The molecule has 23 heteroatoms. The molecular formula is C38H35N12O8S3+. The lowest BCUT2D eigenvalue weighted by Gasteiger charge is -2.11. The fraction of sp³-hybridized carbons (Fsp3) is 0.158. The Bertz CT molecular complexity index is 3080. The van der Waals surface area contributed by atoms with E-state index in [9.17, 15) is 18.0 Å². The molecule has 8 aromatic rings. The number of azo groups is 2. The van der Waals surface area contributed by atoms with Crippen LogP contribution in [0.5, 0.6) is 0 Å². The number of carbonyl (C=O) groups is 2. The van der Waals surface area contributed by atoms with Crippen LogP contribution in [0.4, 0.5) is 33.0 Å². The molecule has 3 N–H and O–H groups in total. The largest absolute Gasteiger partial charge is 0.478 e. The average molecular weight is 884 g/mol. The number of anilines is 2. The van der Waals surface area contributed by atoms with Crippen LogP contribution in [-0.4, -0.2) is 95.3 Å². The first-order valence-electron chi connectivity index (χ1n) is 17.5. The Balaban J connectivity index is 0.000000180. The molecule has 0 bridgehead atoms. The number of carboxylic acids is 2. The number of fused-ring (bicyclic) bond motifs is 4. The van der Waals surface area contributed by atoms with E-state index >= 15 is 0 Å². The van der Waals surface area contributed by atoms with E-state index in [0.717, 1.165) is 34.7 Å². The van der Waals surface area contributed by atoms with Gasteiger partial charge in [-0.3, -0.25) is 8.74 Å². The summed E-state index contributed by atoms with van der Waals surface area (Å²) >= 11 is 2.66. The van der Waals surface area contributed by atoms with Crippen molar-refractivity contribution >= 4 is 121 Å². The fourth-order valence-electron chi connectivity index (χ4n) is 5.16. The molecule has 0 spiro atoms. The summed E-state index contributed by atoms with van der Waals surface area (Å²) in [5, 5.41) is 36.4. The minimum absolute atomic E-state index is 0.160. The van der Waals surface area contributed by atoms with Crippen LogP contribution in [-0.2, 0) is 21.6 Å². The Kier molecular flexibility index (Phi) is 13.2. The molecule has 61 heavy (non-hydrogen) atoms. The molecule has 0 unspecified atom stereocenters. The van der Waals surface area contributed by atoms with Gasteiger partial charge >= 0.3 is 33.1 Å². The van der Waals surface area contributed by atoms with Gasteiger partial charge < -0.3 is 20.0 Å². The molecule has 4 heterocycles. The number of hydrogen-bond donors (Lipinski definition) is 3. The van der Waals surface area contributed by atoms with Crippen molar-refractivity contribution in [3.63, 3.8) is 0 Å². The molecule has 4 aromatic heterocycles. The van der Waals surface area contributed by atoms with Gasteiger partial charge in [0.05, 0.1) is 42.0 Å². The third-order valence-electron chi connectivity index (χ3n) is 8.35. The van der Waals surface area contributed by atoms with Crippen LogP contribution in [0.1, 0.15) is 20.7 Å². The Labute approximate surface area is 354 Å². The van der Waals surface area contributed by atoms with E-state index in [2.05, 4.69) is 49.6 Å². The highest BCUT2D eigenvalue weighted by Crippen LogP contribution is 2.30. The van der Waals surface area contributed by atoms with Crippen molar-refractivity contribution in [2.45, 2.75) is 0 Å². The average Bonchev–Trinajstić information content (AvgIpc) is 3.78. The highest BCUT2D eigenvalue weighted by atomic mass is 32.3. The monoisotopic (exact) mass is 883 g/mol. The van der Waals surface area contributed by atoms with Crippen LogP contribution < -0.4 is 14.4 Å². The van der Waals surface area contributed by atoms with Gasteiger partial charge in [0, 0.05) is 44.7 Å². The topological polar surface area (TPSA) is 262 Å². The van der Waals surface area contributed by atoms with Crippen molar-refractivity contribution in [3.05, 3.63) is 96.1 Å². The maximum Gasteiger partial charge on any atom is 0.397 e. The van der Waals surface area contributed by atoms with E-state index < -0.39 is 22.3 Å². The van der Waals surface area contributed by atoms with Crippen molar-refractivity contribution in [3.8, 4) is 0 Å². The number of rotatable bonds is 9. The first-order valence-corrected chi connectivity index (χ1v) is 20.5. The van der Waals surface area contributed by atoms with Crippen LogP contribution in [0.2, 0.25) is 0 Å². The Hall–Kier alpha value is -7.05. The third kappa shape index (κ3) is 11.0. The van der Waals surface area contributed by atoms with Crippen molar-refractivity contribution in [1.29, 1.82) is 0 Å². The third-order valence-corrected chi connectivity index (χ3v) is 10.6. The SMILES string of the molecule is CN(C)c1ccc(N=Nc2nc3nc4cc(C(=O)O)ccc4nc3s2)cc1.CN(C)c1ccc(N=Nc2sc3nc4ccc(C(=O)O)cc4nc3[n+]2C)cc1.COS(=O)(=O)O. The lowest BCUT2D eigenvalue weighted by Crippen LogP contribution is -2.26. The van der Waals surface area contributed by atoms with Gasteiger partial charge in [0.2, 0.25) is 5.13 Å². The van der Waals surface area contributed by atoms with E-state index in [0.29, 0.717) is 48.5 Å². The lowest BCUT2D eigenvalue weighted by molar-refractivity contribution is -0.629. The Morgan fingerprint density at radius 1 is 0.639 bits per heavy atom. The number of carboxylic acid groups (broad SMARTS) is 2. The zero-order chi connectivity index (χ0) is 44.0. The van der Waals surface area contributed by atoms with Crippen LogP contribution in [0.15, 0.2) is 105 Å². The maximum atomic E-state index is 11.2. The van der Waals surface area contributed by atoms with E-state index in [4.69, 9.17) is 14.8 Å². The molecule has 0 saturated carbocycles. The molecule has 0 aliphatic carbocycles. The number of aryl methyl sites for hydroxylation is 1. The zero-order valence-electron chi connectivity index (χ0n) is 33.1. The summed E-state index contributed by atoms with van der Waals surface area (Å²) < 4.78 is 31.5. The molecule has 0 atom stereocenters. The van der Waals surface area contributed by atoms with Crippen LogP contribution in [0.3, 0.4) is 0 Å². The minimum atomic E-state index is -4.16. The quantitative estimate of drug-likeness (QED) is 0.0712. The Morgan fingerprint density at radius 3 is 1.59 bits per heavy atom. The number of benzene rings is 4. The standard InChI is InChI=1S/C19H16N6O2S.C18H14N6O2S.CH4O4S/c1-24(2)13-7-5-12(6-8-13)22-23-19-25(3)16-17(28-19)21-14-9-4-11(18(26)27)10-15(14)20-16;1-24(2)12-6-4-11(5-7-12)22-23-18-21-15-16(27-18)20-13-8-3-10(17(25)26)9-14(13)19-15;1-5-6(2,3)4/h4-10H,1-3H3;3-9H,1-2H3,(H,25,26);1H3,(H,2,3,4)/p+1. The molecule has 312 valence electrons. The summed E-state index contributed by atoms with van der Waals surface area (Å²) in [5.41, 5.74) is 7.30. The first-order chi connectivity index (χ1) is 29.0. The first kappa shape index (κ1) is 43.5. The second-order valence-electron chi connectivity index (χ2n) is 13.0. The normalized spacial score (nSPS) is 11.5. The highest BCUT2D eigenvalue weighted by molar-refractivity contribution is 7.80. The van der Waals surface area contributed by atoms with Gasteiger partial charge in [-0.1, -0.05) is 21.4 Å². The number of thiazole rings is 2. The number of aromatic carboxylic acids is 2. The summed E-state index contributed by atoms with van der Waals surface area (Å²) in [6.45, 7) is 0. The summed E-state index contributed by atoms with van der Waals surface area (Å²) in [6.07, 6.45) is 0. The Morgan fingerprint density at radius 2 is 1.11 bits per heavy atom. The van der Waals surface area contributed by atoms with Crippen LogP contribution >= 0.6 is 22.7 Å². The molecule has 0 radical (unpaired) electrons. The zero-order valence-corrected chi connectivity index (χ0v) is 35.5. The molecule has 0 aliphatic heterocycles. The molecule has 0 fully saturated rings. The molecule has 20 nitrogen and oxygen atoms in total. The van der Waals surface area contributed by atoms with Gasteiger partial charge in [-0.15, -0.1) is 10.2 Å². The van der Waals surface area contributed by atoms with Crippen LogP contribution in [0, 0.1) is 0 Å². The smallest absolute Gasteiger partial charge is 0.397 e. The molecule has 4 aromatic carbocycles. The van der Waals surface area contributed by atoms with Gasteiger partial charge in [0.15, 0.2) is 20.8 Å². The van der Waals surface area contributed by atoms with Crippen LogP contribution in [0.25, 0.3) is 43.0 Å².